The van der Waals surface area contributed by atoms with Gasteiger partial charge in [0.05, 0.1) is 20.2 Å². The molecule has 2 aliphatic rings. The van der Waals surface area contributed by atoms with Crippen molar-refractivity contribution in [2.45, 2.75) is 58.0 Å². The summed E-state index contributed by atoms with van der Waals surface area (Å²) in [6.07, 6.45) is 1.39. The van der Waals surface area contributed by atoms with Crippen molar-refractivity contribution >= 4 is 20.1 Å². The molecular formula is C20H30N2O3Si. The van der Waals surface area contributed by atoms with Crippen LogP contribution in [0.25, 0.3) is 0 Å². The van der Waals surface area contributed by atoms with Crippen LogP contribution in [-0.2, 0) is 9.53 Å². The highest BCUT2D eigenvalue weighted by Crippen LogP contribution is 2.38. The van der Waals surface area contributed by atoms with Gasteiger partial charge in [-0.05, 0) is 17.9 Å². The number of rotatable bonds is 6. The second-order valence-electron chi connectivity index (χ2n) is 9.08. The summed E-state index contributed by atoms with van der Waals surface area (Å²) in [5, 5.41) is 0. The van der Waals surface area contributed by atoms with Gasteiger partial charge in [0, 0.05) is 6.17 Å². The Labute approximate surface area is 157 Å². The van der Waals surface area contributed by atoms with E-state index in [1.54, 1.807) is 4.90 Å². The van der Waals surface area contributed by atoms with E-state index in [0.717, 1.165) is 18.2 Å². The lowest BCUT2D eigenvalue weighted by Gasteiger charge is -2.53. The van der Waals surface area contributed by atoms with Crippen LogP contribution in [-0.4, -0.2) is 54.7 Å². The molecule has 2 fully saturated rings. The van der Waals surface area contributed by atoms with Crippen LogP contribution in [0.4, 0.5) is 4.79 Å². The molecule has 0 bridgehead atoms. The first-order chi connectivity index (χ1) is 12.2. The third-order valence-electron chi connectivity index (χ3n) is 5.05. The van der Waals surface area contributed by atoms with Crippen LogP contribution < -0.4 is 0 Å². The van der Waals surface area contributed by atoms with E-state index >= 15 is 0 Å². The molecule has 142 valence electrons. The summed E-state index contributed by atoms with van der Waals surface area (Å²) in [7, 11) is -1.42. The molecule has 0 N–H and O–H groups in total. The van der Waals surface area contributed by atoms with Crippen LogP contribution in [0.15, 0.2) is 30.3 Å². The van der Waals surface area contributed by atoms with E-state index in [2.05, 4.69) is 33.5 Å². The predicted molar refractivity (Wildman–Crippen MR) is 104 cm³/mol. The normalized spacial score (nSPS) is 26.3. The molecule has 1 aromatic rings. The lowest BCUT2D eigenvalue weighted by Crippen LogP contribution is -2.73. The van der Waals surface area contributed by atoms with Gasteiger partial charge >= 0.3 is 6.09 Å². The lowest BCUT2D eigenvalue weighted by molar-refractivity contribution is -0.157. The smallest absolute Gasteiger partial charge is 0.411 e. The van der Waals surface area contributed by atoms with Crippen molar-refractivity contribution in [1.29, 1.82) is 0 Å². The van der Waals surface area contributed by atoms with Crippen LogP contribution in [0.1, 0.15) is 31.9 Å². The number of β-lactam (4-membered cyclic amide) rings is 1. The van der Waals surface area contributed by atoms with Crippen molar-refractivity contribution in [3.05, 3.63) is 35.9 Å². The van der Waals surface area contributed by atoms with Crippen LogP contribution >= 0.6 is 0 Å². The standard InChI is InChI=1S/C20H30N2O3Si/c1-14(2)11-16-18(19(23)21(16)13-26(3,4)5)22-17(12-25-20(22)24)15-9-7-6-8-10-15/h6-10,14,16-18H,11-13H2,1-5H3/t16-,17-,18+/m1/s1. The monoisotopic (exact) mass is 374 g/mol. The van der Waals surface area contributed by atoms with Gasteiger partial charge in [-0.1, -0.05) is 63.8 Å². The average Bonchev–Trinajstić information content (AvgIpc) is 2.93. The summed E-state index contributed by atoms with van der Waals surface area (Å²) < 4.78 is 5.35. The predicted octanol–water partition coefficient (Wildman–Crippen LogP) is 3.68. The lowest BCUT2D eigenvalue weighted by atomic mass is 9.86. The number of hydrogen-bond donors (Lipinski definition) is 0. The minimum absolute atomic E-state index is 0.0813. The number of cyclic esters (lactones) is 1. The summed E-state index contributed by atoms with van der Waals surface area (Å²) >= 11 is 0. The molecule has 0 aromatic heterocycles. The maximum atomic E-state index is 13.0. The van der Waals surface area contributed by atoms with Crippen LogP contribution in [0.5, 0.6) is 0 Å². The average molecular weight is 375 g/mol. The topological polar surface area (TPSA) is 49.9 Å². The number of carbonyl (C=O) groups is 2. The molecule has 0 radical (unpaired) electrons. The van der Waals surface area contributed by atoms with Crippen molar-refractivity contribution in [3.8, 4) is 0 Å². The summed E-state index contributed by atoms with van der Waals surface area (Å²) in [4.78, 5) is 29.3. The molecule has 6 heteroatoms. The molecular weight excluding hydrogens is 344 g/mol. The van der Waals surface area contributed by atoms with E-state index < -0.39 is 14.1 Å². The number of amides is 2. The molecule has 0 aliphatic carbocycles. The largest absolute Gasteiger partial charge is 0.447 e. The number of benzene rings is 1. The van der Waals surface area contributed by atoms with Crippen LogP contribution in [0, 0.1) is 5.92 Å². The van der Waals surface area contributed by atoms with Crippen molar-refractivity contribution in [2.24, 2.45) is 5.92 Å². The Morgan fingerprint density at radius 2 is 1.81 bits per heavy atom. The van der Waals surface area contributed by atoms with E-state index in [0.29, 0.717) is 12.5 Å². The number of carbonyl (C=O) groups excluding carboxylic acids is 2. The molecule has 3 atom stereocenters. The molecule has 0 spiro atoms. The summed E-state index contributed by atoms with van der Waals surface area (Å²) in [5.74, 6) is 0.548. The molecule has 2 saturated heterocycles. The minimum Gasteiger partial charge on any atom is -0.447 e. The Bertz CT molecular complexity index is 671. The highest BCUT2D eigenvalue weighted by Gasteiger charge is 2.56. The third kappa shape index (κ3) is 3.65. The van der Waals surface area contributed by atoms with Crippen LogP contribution in [0.2, 0.25) is 19.6 Å². The molecule has 2 aliphatic heterocycles. The van der Waals surface area contributed by atoms with Crippen molar-refractivity contribution in [1.82, 2.24) is 9.80 Å². The zero-order chi connectivity index (χ0) is 19.1. The Hall–Kier alpha value is -1.82. The van der Waals surface area contributed by atoms with Gasteiger partial charge in [0.25, 0.3) is 0 Å². The van der Waals surface area contributed by atoms with Gasteiger partial charge in [-0.2, -0.15) is 0 Å². The van der Waals surface area contributed by atoms with E-state index in [1.165, 1.54) is 0 Å². The summed E-state index contributed by atoms with van der Waals surface area (Å²) in [5.41, 5.74) is 1.03. The number of nitrogens with zero attached hydrogens (tertiary/aromatic N) is 2. The molecule has 2 amide bonds. The number of hydrogen-bond acceptors (Lipinski definition) is 3. The second-order valence-corrected chi connectivity index (χ2v) is 14.5. The van der Waals surface area contributed by atoms with Gasteiger partial charge in [0.15, 0.2) is 0 Å². The highest BCUT2D eigenvalue weighted by atomic mass is 28.3. The number of likely N-dealkylation sites (tertiary alicyclic amines) is 1. The van der Waals surface area contributed by atoms with Crippen molar-refractivity contribution in [3.63, 3.8) is 0 Å². The molecule has 0 unspecified atom stereocenters. The SMILES string of the molecule is CC(C)C[C@@H]1[C@H](N2C(=O)OC[C@@H]2c2ccccc2)C(=O)N1C[Si](C)(C)C. The first-order valence-electron chi connectivity index (χ1n) is 9.49. The number of ether oxygens (including phenoxy) is 1. The van der Waals surface area contributed by atoms with Gasteiger partial charge in [0.2, 0.25) is 5.91 Å². The van der Waals surface area contributed by atoms with Crippen molar-refractivity contribution in [2.75, 3.05) is 12.8 Å². The Morgan fingerprint density at radius 3 is 2.38 bits per heavy atom. The van der Waals surface area contributed by atoms with Gasteiger partial charge in [-0.15, -0.1) is 0 Å². The maximum absolute atomic E-state index is 13.0. The van der Waals surface area contributed by atoms with Crippen LogP contribution in [0.3, 0.4) is 0 Å². The fourth-order valence-electron chi connectivity index (χ4n) is 4.01. The van der Waals surface area contributed by atoms with Gasteiger partial charge in [-0.25, -0.2) is 4.79 Å². The fraction of sp³-hybridized carbons (Fsp3) is 0.600. The molecule has 26 heavy (non-hydrogen) atoms. The minimum atomic E-state index is -1.42. The summed E-state index contributed by atoms with van der Waals surface area (Å²) in [6, 6.07) is 9.39. The molecule has 1 aromatic carbocycles. The fourth-order valence-corrected chi connectivity index (χ4v) is 5.42. The maximum Gasteiger partial charge on any atom is 0.411 e. The van der Waals surface area contributed by atoms with E-state index in [1.807, 2.05) is 35.2 Å². The van der Waals surface area contributed by atoms with E-state index in [4.69, 9.17) is 4.74 Å². The second kappa shape index (κ2) is 7.06. The van der Waals surface area contributed by atoms with Gasteiger partial charge < -0.3 is 9.64 Å². The van der Waals surface area contributed by atoms with E-state index in [9.17, 15) is 9.59 Å². The van der Waals surface area contributed by atoms with Crippen molar-refractivity contribution < 1.29 is 14.3 Å². The molecule has 5 nitrogen and oxygen atoms in total. The third-order valence-corrected chi connectivity index (χ3v) is 6.34. The quantitative estimate of drug-likeness (QED) is 0.564. The first kappa shape index (κ1) is 19.0. The Kier molecular flexibility index (Phi) is 5.15. The zero-order valence-corrected chi connectivity index (χ0v) is 17.4. The first-order valence-corrected chi connectivity index (χ1v) is 13.2. The van der Waals surface area contributed by atoms with E-state index in [-0.39, 0.29) is 24.1 Å². The van der Waals surface area contributed by atoms with Gasteiger partial charge in [-0.3, -0.25) is 9.69 Å². The summed E-state index contributed by atoms with van der Waals surface area (Å²) in [6.45, 7) is 11.5. The molecule has 3 rings (SSSR count). The molecule has 0 saturated carbocycles. The highest BCUT2D eigenvalue weighted by molar-refractivity contribution is 6.76. The zero-order valence-electron chi connectivity index (χ0n) is 16.4. The molecule has 2 heterocycles. The van der Waals surface area contributed by atoms with Gasteiger partial charge in [0.1, 0.15) is 12.6 Å². The Morgan fingerprint density at radius 1 is 1.15 bits per heavy atom. The Balaban J connectivity index is 1.87.